The third kappa shape index (κ3) is 5.90. The van der Waals surface area contributed by atoms with Gasteiger partial charge in [0.1, 0.15) is 0 Å². The Kier molecular flexibility index (Phi) is 7.98. The van der Waals surface area contributed by atoms with Crippen LogP contribution in [0.2, 0.25) is 0 Å². The first kappa shape index (κ1) is 25.8. The Morgan fingerprint density at radius 2 is 1.56 bits per heavy atom. The summed E-state index contributed by atoms with van der Waals surface area (Å²) in [6.07, 6.45) is 5.24. The predicted molar refractivity (Wildman–Crippen MR) is 145 cm³/mol. The molecular weight excluding hydrogens is 619 g/mol. The Hall–Kier alpha value is -3.33. The molecule has 4 heteroatoms. The molecule has 0 amide bonds. The molecule has 183 valence electrons. The summed E-state index contributed by atoms with van der Waals surface area (Å²) in [6, 6.07) is 34.6. The van der Waals surface area contributed by atoms with Crippen LogP contribution in [-0.2, 0) is 26.7 Å². The molecule has 6 rings (SSSR count). The summed E-state index contributed by atoms with van der Waals surface area (Å²) >= 11 is 0. The molecule has 2 aromatic heterocycles. The van der Waals surface area contributed by atoms with Crippen molar-refractivity contribution in [3.05, 3.63) is 114 Å². The molecular formula is C32H29IrN3-2. The van der Waals surface area contributed by atoms with Gasteiger partial charge in [-0.15, -0.1) is 71.8 Å². The fourth-order valence-corrected chi connectivity index (χ4v) is 4.55. The van der Waals surface area contributed by atoms with Gasteiger partial charge in [0, 0.05) is 32.8 Å². The molecule has 3 aromatic carbocycles. The molecule has 36 heavy (non-hydrogen) atoms. The topological polar surface area (TPSA) is 30.7 Å². The number of hydrogen-bond acceptors (Lipinski definition) is 2. The fraction of sp³-hybridized carbons (Fsp3) is 0.188. The van der Waals surface area contributed by atoms with Crippen molar-refractivity contribution in [1.82, 2.24) is 14.5 Å². The Balaban J connectivity index is 0.000000198. The van der Waals surface area contributed by atoms with Gasteiger partial charge in [-0.3, -0.25) is 4.98 Å². The molecule has 0 spiro atoms. The molecule has 1 aliphatic rings. The van der Waals surface area contributed by atoms with E-state index < -0.39 is 0 Å². The zero-order valence-electron chi connectivity index (χ0n) is 20.8. The molecule has 0 saturated heterocycles. The van der Waals surface area contributed by atoms with Crippen LogP contribution in [0.15, 0.2) is 96.7 Å². The van der Waals surface area contributed by atoms with Crippen LogP contribution in [0.5, 0.6) is 0 Å². The van der Waals surface area contributed by atoms with Gasteiger partial charge in [0.15, 0.2) is 0 Å². The third-order valence-corrected chi connectivity index (χ3v) is 5.88. The van der Waals surface area contributed by atoms with Gasteiger partial charge >= 0.3 is 0 Å². The van der Waals surface area contributed by atoms with Crippen LogP contribution in [0, 0.1) is 17.5 Å². The van der Waals surface area contributed by atoms with Crippen LogP contribution in [0.4, 0.5) is 0 Å². The second kappa shape index (κ2) is 11.2. The van der Waals surface area contributed by atoms with Crippen LogP contribution >= 0.6 is 0 Å². The van der Waals surface area contributed by atoms with Crippen LogP contribution in [0.3, 0.4) is 0 Å². The normalized spacial score (nSPS) is 12.2. The van der Waals surface area contributed by atoms with Gasteiger partial charge in [0.2, 0.25) is 0 Å². The van der Waals surface area contributed by atoms with Crippen molar-refractivity contribution < 1.29 is 20.1 Å². The average Bonchev–Trinajstić information content (AvgIpc) is 3.25. The second-order valence-electron chi connectivity index (χ2n) is 10.0. The molecule has 3 nitrogen and oxygen atoms in total. The molecule has 0 aliphatic carbocycles. The van der Waals surface area contributed by atoms with Crippen molar-refractivity contribution >= 4 is 17.1 Å². The largest absolute Gasteiger partial charge is 0.360 e. The van der Waals surface area contributed by atoms with Crippen LogP contribution in [0.25, 0.3) is 39.8 Å². The van der Waals surface area contributed by atoms with E-state index in [1.807, 2.05) is 60.7 Å². The van der Waals surface area contributed by atoms with E-state index in [-0.39, 0.29) is 25.5 Å². The minimum Gasteiger partial charge on any atom is -0.360 e. The van der Waals surface area contributed by atoms with Crippen LogP contribution in [0.1, 0.15) is 32.8 Å². The quantitative estimate of drug-likeness (QED) is 0.187. The summed E-state index contributed by atoms with van der Waals surface area (Å²) in [7, 11) is 0. The summed E-state index contributed by atoms with van der Waals surface area (Å²) in [5.74, 6) is 1.02. The number of aromatic nitrogens is 3. The second-order valence-corrected chi connectivity index (χ2v) is 10.0. The zero-order chi connectivity index (χ0) is 24.3. The Labute approximate surface area is 227 Å². The third-order valence-electron chi connectivity index (χ3n) is 5.88. The van der Waals surface area contributed by atoms with Gasteiger partial charge in [-0.25, -0.2) is 0 Å². The number of hydrogen-bond donors (Lipinski definition) is 0. The van der Waals surface area contributed by atoms with Crippen molar-refractivity contribution in [3.63, 3.8) is 0 Å². The summed E-state index contributed by atoms with van der Waals surface area (Å²) in [4.78, 5) is 9.10. The first-order valence-corrected chi connectivity index (χ1v) is 12.0. The monoisotopic (exact) mass is 648 g/mol. The van der Waals surface area contributed by atoms with E-state index in [1.165, 1.54) is 16.7 Å². The van der Waals surface area contributed by atoms with Crippen molar-refractivity contribution in [2.75, 3.05) is 0 Å². The summed E-state index contributed by atoms with van der Waals surface area (Å²) in [6.45, 7) is 7.81. The maximum Gasteiger partial charge on any atom is 0.0777 e. The van der Waals surface area contributed by atoms with Crippen LogP contribution < -0.4 is 0 Å². The van der Waals surface area contributed by atoms with Gasteiger partial charge < -0.3 is 9.55 Å². The molecule has 0 unspecified atom stereocenters. The number of imidazole rings is 1. The maximum atomic E-state index is 4.88. The molecule has 0 fully saturated rings. The zero-order valence-corrected chi connectivity index (χ0v) is 23.2. The number of allylic oxidation sites excluding steroid dienone is 1. The van der Waals surface area contributed by atoms with Crippen LogP contribution in [-0.4, -0.2) is 14.5 Å². The van der Waals surface area contributed by atoms with E-state index in [0.717, 1.165) is 41.1 Å². The van der Waals surface area contributed by atoms with Gasteiger partial charge in [-0.05, 0) is 35.2 Å². The Bertz CT molecular complexity index is 1410. The number of pyridine rings is 1. The van der Waals surface area contributed by atoms with Crippen molar-refractivity contribution in [2.24, 2.45) is 5.41 Å². The van der Waals surface area contributed by atoms with E-state index in [2.05, 4.69) is 72.8 Å². The molecule has 3 heterocycles. The van der Waals surface area contributed by atoms with E-state index in [4.69, 9.17) is 4.98 Å². The first-order chi connectivity index (χ1) is 17.0. The molecule has 5 aromatic rings. The molecule has 1 aliphatic heterocycles. The standard InChI is InChI=1S/C21H21N2.C11H8N.Ir/c1-21(2,3)13-15-12-17-10-7-11-18-19(17)23(14-15)20(22-18)16-8-5-4-6-9-16;1-2-6-10(7-3-1)11-8-4-5-9-12-11;/h4-8,10-12H,13-14H2,1-3H3;1-6,8-9H;/q2*-1;. The van der Waals surface area contributed by atoms with E-state index in [9.17, 15) is 0 Å². The SMILES string of the molecule is CC(C)(C)CC1=Cc2cccc3nc(-c4[c-]cccc4)n(c23)C1.[Ir].[c-]1ccccc1-c1ccccn1. The minimum atomic E-state index is 0. The summed E-state index contributed by atoms with van der Waals surface area (Å²) in [5, 5.41) is 0. The van der Waals surface area contributed by atoms with E-state index in [1.54, 1.807) is 6.20 Å². The van der Waals surface area contributed by atoms with Gasteiger partial charge in [-0.2, -0.15) is 0 Å². The molecule has 0 N–H and O–H groups in total. The van der Waals surface area contributed by atoms with E-state index in [0.29, 0.717) is 0 Å². The Morgan fingerprint density at radius 1 is 0.833 bits per heavy atom. The van der Waals surface area contributed by atoms with Crippen molar-refractivity contribution in [1.29, 1.82) is 0 Å². The summed E-state index contributed by atoms with van der Waals surface area (Å²) in [5.41, 5.74) is 8.42. The van der Waals surface area contributed by atoms with Gasteiger partial charge in [-0.1, -0.05) is 56.7 Å². The smallest absolute Gasteiger partial charge is 0.0777 e. The maximum absolute atomic E-state index is 4.88. The molecule has 1 radical (unpaired) electrons. The Morgan fingerprint density at radius 3 is 2.19 bits per heavy atom. The number of rotatable bonds is 3. The number of para-hydroxylation sites is 1. The predicted octanol–water partition coefficient (Wildman–Crippen LogP) is 7.88. The minimum absolute atomic E-state index is 0. The fourth-order valence-electron chi connectivity index (χ4n) is 4.55. The first-order valence-electron chi connectivity index (χ1n) is 12.0. The van der Waals surface area contributed by atoms with E-state index >= 15 is 0 Å². The van der Waals surface area contributed by atoms with Gasteiger partial charge in [0.25, 0.3) is 0 Å². The summed E-state index contributed by atoms with van der Waals surface area (Å²) < 4.78 is 2.36. The molecule has 0 bridgehead atoms. The number of nitrogens with zero attached hydrogens (tertiary/aromatic N) is 3. The average molecular weight is 648 g/mol. The number of benzene rings is 3. The van der Waals surface area contributed by atoms with Crippen molar-refractivity contribution in [2.45, 2.75) is 33.7 Å². The van der Waals surface area contributed by atoms with Crippen molar-refractivity contribution in [3.8, 4) is 22.6 Å². The van der Waals surface area contributed by atoms with Gasteiger partial charge in [0.05, 0.1) is 16.9 Å². The molecule has 0 saturated carbocycles. The molecule has 0 atom stereocenters.